The average molecular weight is 436 g/mol. The van der Waals surface area contributed by atoms with Gasteiger partial charge in [0.05, 0.1) is 6.54 Å². The van der Waals surface area contributed by atoms with Crippen LogP contribution in [-0.2, 0) is 11.2 Å². The molecule has 22 heavy (non-hydrogen) atoms. The molecular weight excluding hydrogens is 411 g/mol. The van der Waals surface area contributed by atoms with Crippen LogP contribution in [-0.4, -0.2) is 61.9 Å². The number of halogens is 1. The van der Waals surface area contributed by atoms with Crippen molar-refractivity contribution in [3.8, 4) is 0 Å². The number of rotatable bonds is 5. The lowest BCUT2D eigenvalue weighted by molar-refractivity contribution is -0.128. The first-order valence-electron chi connectivity index (χ1n) is 7.42. The van der Waals surface area contributed by atoms with E-state index < -0.39 is 0 Å². The lowest BCUT2D eigenvalue weighted by Crippen LogP contribution is -2.45. The second kappa shape index (κ2) is 10.0. The maximum absolute atomic E-state index is 12.0. The fourth-order valence-electron chi connectivity index (χ4n) is 2.46. The SMILES string of the molecule is CN=C(NCC(=O)N1CCCC1)N(C)CCc1cccs1.I. The van der Waals surface area contributed by atoms with Gasteiger partial charge in [-0.1, -0.05) is 6.07 Å². The normalized spacial score (nSPS) is 14.6. The first-order chi connectivity index (χ1) is 10.2. The third-order valence-corrected chi connectivity index (χ3v) is 4.64. The minimum absolute atomic E-state index is 0. The van der Waals surface area contributed by atoms with Crippen LogP contribution in [0.15, 0.2) is 22.5 Å². The highest BCUT2D eigenvalue weighted by molar-refractivity contribution is 14.0. The Kier molecular flexibility index (Phi) is 8.77. The number of hydrogen-bond donors (Lipinski definition) is 1. The molecular formula is C15H25IN4OS. The number of nitrogens with one attached hydrogen (secondary N) is 1. The van der Waals surface area contributed by atoms with Crippen LogP contribution in [0.5, 0.6) is 0 Å². The topological polar surface area (TPSA) is 47.9 Å². The quantitative estimate of drug-likeness (QED) is 0.437. The molecule has 0 saturated carbocycles. The second-order valence-electron chi connectivity index (χ2n) is 5.24. The van der Waals surface area contributed by atoms with Gasteiger partial charge in [0.15, 0.2) is 5.96 Å². The maximum Gasteiger partial charge on any atom is 0.241 e. The Balaban J connectivity index is 0.00000242. The van der Waals surface area contributed by atoms with Gasteiger partial charge in [0.25, 0.3) is 0 Å². The van der Waals surface area contributed by atoms with E-state index in [-0.39, 0.29) is 29.9 Å². The van der Waals surface area contributed by atoms with Gasteiger partial charge in [-0.3, -0.25) is 9.79 Å². The molecule has 0 unspecified atom stereocenters. The molecule has 1 aromatic rings. The Labute approximate surface area is 153 Å². The molecule has 1 aliphatic heterocycles. The summed E-state index contributed by atoms with van der Waals surface area (Å²) in [6.45, 7) is 3.01. The van der Waals surface area contributed by atoms with Crippen LogP contribution in [0.4, 0.5) is 0 Å². The highest BCUT2D eigenvalue weighted by Crippen LogP contribution is 2.09. The van der Waals surface area contributed by atoms with Crippen LogP contribution in [0.25, 0.3) is 0 Å². The maximum atomic E-state index is 12.0. The fourth-order valence-corrected chi connectivity index (χ4v) is 3.15. The molecule has 2 rings (SSSR count). The molecule has 124 valence electrons. The largest absolute Gasteiger partial charge is 0.347 e. The van der Waals surface area contributed by atoms with Gasteiger partial charge < -0.3 is 15.1 Å². The van der Waals surface area contributed by atoms with Crippen molar-refractivity contribution in [2.24, 2.45) is 4.99 Å². The zero-order valence-corrected chi connectivity index (χ0v) is 16.4. The third kappa shape index (κ3) is 5.75. The van der Waals surface area contributed by atoms with Crippen molar-refractivity contribution >= 4 is 47.2 Å². The Morgan fingerprint density at radius 2 is 2.18 bits per heavy atom. The number of carbonyl (C=O) groups excluding carboxylic acids is 1. The van der Waals surface area contributed by atoms with Crippen molar-refractivity contribution in [2.45, 2.75) is 19.3 Å². The van der Waals surface area contributed by atoms with E-state index in [1.807, 2.05) is 11.9 Å². The van der Waals surface area contributed by atoms with Crippen LogP contribution in [0.3, 0.4) is 0 Å². The fraction of sp³-hybridized carbons (Fsp3) is 0.600. The van der Waals surface area contributed by atoms with E-state index in [9.17, 15) is 4.79 Å². The Bertz CT molecular complexity index is 472. The van der Waals surface area contributed by atoms with Crippen molar-refractivity contribution in [3.05, 3.63) is 22.4 Å². The van der Waals surface area contributed by atoms with Crippen LogP contribution in [0, 0.1) is 0 Å². The zero-order chi connectivity index (χ0) is 15.1. The molecule has 5 nitrogen and oxygen atoms in total. The predicted octanol–water partition coefficient (Wildman–Crippen LogP) is 2.04. The van der Waals surface area contributed by atoms with E-state index >= 15 is 0 Å². The van der Waals surface area contributed by atoms with Crippen LogP contribution in [0.1, 0.15) is 17.7 Å². The molecule has 0 radical (unpaired) electrons. The van der Waals surface area contributed by atoms with Crippen molar-refractivity contribution in [1.82, 2.24) is 15.1 Å². The van der Waals surface area contributed by atoms with Crippen LogP contribution < -0.4 is 5.32 Å². The summed E-state index contributed by atoms with van der Waals surface area (Å²) in [7, 11) is 3.76. The first kappa shape index (κ1) is 19.2. The molecule has 1 saturated heterocycles. The molecule has 0 atom stereocenters. The van der Waals surface area contributed by atoms with Gasteiger partial charge in [-0.05, 0) is 30.7 Å². The van der Waals surface area contributed by atoms with E-state index in [1.165, 1.54) is 4.88 Å². The Morgan fingerprint density at radius 3 is 2.77 bits per heavy atom. The van der Waals surface area contributed by atoms with E-state index in [1.54, 1.807) is 18.4 Å². The van der Waals surface area contributed by atoms with E-state index in [4.69, 9.17) is 0 Å². The van der Waals surface area contributed by atoms with Gasteiger partial charge in [0, 0.05) is 38.6 Å². The molecule has 0 aromatic carbocycles. The van der Waals surface area contributed by atoms with Crippen molar-refractivity contribution in [1.29, 1.82) is 0 Å². The lowest BCUT2D eigenvalue weighted by atomic mass is 10.3. The minimum Gasteiger partial charge on any atom is -0.347 e. The minimum atomic E-state index is 0. The smallest absolute Gasteiger partial charge is 0.241 e. The standard InChI is InChI=1S/C15H24N4OS.HI/c1-16-15(17-12-14(20)19-8-3-4-9-19)18(2)10-7-13-6-5-11-21-13;/h5-6,11H,3-4,7-10,12H2,1-2H3,(H,16,17);1H. The van der Waals surface area contributed by atoms with Crippen molar-refractivity contribution < 1.29 is 4.79 Å². The molecule has 1 aliphatic rings. The van der Waals surface area contributed by atoms with Gasteiger partial charge >= 0.3 is 0 Å². The summed E-state index contributed by atoms with van der Waals surface area (Å²) < 4.78 is 0. The third-order valence-electron chi connectivity index (χ3n) is 3.70. The van der Waals surface area contributed by atoms with Crippen molar-refractivity contribution in [2.75, 3.05) is 40.3 Å². The zero-order valence-electron chi connectivity index (χ0n) is 13.2. The van der Waals surface area contributed by atoms with Gasteiger partial charge in [0.2, 0.25) is 5.91 Å². The van der Waals surface area contributed by atoms with Gasteiger partial charge in [0.1, 0.15) is 0 Å². The number of carbonyl (C=O) groups is 1. The highest BCUT2D eigenvalue weighted by Gasteiger charge is 2.18. The first-order valence-corrected chi connectivity index (χ1v) is 8.30. The number of guanidine groups is 1. The van der Waals surface area contributed by atoms with E-state index in [2.05, 4.69) is 32.7 Å². The summed E-state index contributed by atoms with van der Waals surface area (Å²) >= 11 is 1.77. The lowest BCUT2D eigenvalue weighted by Gasteiger charge is -2.23. The number of amides is 1. The number of aliphatic imine (C=N–C) groups is 1. The summed E-state index contributed by atoms with van der Waals surface area (Å²) in [6, 6.07) is 4.22. The Hall–Kier alpha value is -0.830. The number of likely N-dealkylation sites (tertiary alicyclic amines) is 1. The van der Waals surface area contributed by atoms with E-state index in [0.29, 0.717) is 6.54 Å². The molecule has 7 heteroatoms. The predicted molar refractivity (Wildman–Crippen MR) is 103 cm³/mol. The molecule has 2 heterocycles. The summed E-state index contributed by atoms with van der Waals surface area (Å²) in [5.74, 6) is 0.944. The molecule has 0 bridgehead atoms. The average Bonchev–Trinajstić information content (AvgIpc) is 3.18. The summed E-state index contributed by atoms with van der Waals surface area (Å²) in [5, 5.41) is 5.26. The van der Waals surface area contributed by atoms with Crippen LogP contribution in [0.2, 0.25) is 0 Å². The molecule has 1 amide bonds. The molecule has 0 aliphatic carbocycles. The Morgan fingerprint density at radius 1 is 1.45 bits per heavy atom. The molecule has 1 N–H and O–H groups in total. The number of thiophene rings is 1. The van der Waals surface area contributed by atoms with Crippen LogP contribution >= 0.6 is 35.3 Å². The number of nitrogens with zero attached hydrogens (tertiary/aromatic N) is 3. The number of likely N-dealkylation sites (N-methyl/N-ethyl adjacent to an activating group) is 1. The summed E-state index contributed by atoms with van der Waals surface area (Å²) in [5.41, 5.74) is 0. The monoisotopic (exact) mass is 436 g/mol. The van der Waals surface area contributed by atoms with Gasteiger partial charge in [-0.25, -0.2) is 0 Å². The second-order valence-corrected chi connectivity index (χ2v) is 6.27. The number of hydrogen-bond acceptors (Lipinski definition) is 3. The van der Waals surface area contributed by atoms with Gasteiger partial charge in [-0.15, -0.1) is 35.3 Å². The summed E-state index contributed by atoms with van der Waals surface area (Å²) in [4.78, 5) is 21.6. The molecule has 1 aromatic heterocycles. The van der Waals surface area contributed by atoms with Gasteiger partial charge in [-0.2, -0.15) is 0 Å². The van der Waals surface area contributed by atoms with Crippen molar-refractivity contribution in [3.63, 3.8) is 0 Å². The van der Waals surface area contributed by atoms with E-state index in [0.717, 1.165) is 44.9 Å². The molecule has 0 spiro atoms. The molecule has 1 fully saturated rings. The summed E-state index contributed by atoms with van der Waals surface area (Å²) in [6.07, 6.45) is 3.25. The highest BCUT2D eigenvalue weighted by atomic mass is 127.